The molecule has 2 aliphatic rings. The van der Waals surface area contributed by atoms with Crippen molar-refractivity contribution in [2.45, 2.75) is 25.9 Å². The van der Waals surface area contributed by atoms with Gasteiger partial charge in [-0.15, -0.1) is 0 Å². The van der Waals surface area contributed by atoms with Gasteiger partial charge < -0.3 is 5.32 Å². The normalized spacial score (nSPS) is 17.4. The molecule has 0 atom stereocenters. The molecule has 1 N–H and O–H groups in total. The topological polar surface area (TPSA) is 15.3 Å². The van der Waals surface area contributed by atoms with E-state index in [1.54, 1.807) is 0 Å². The zero-order valence-corrected chi connectivity index (χ0v) is 11.7. The summed E-state index contributed by atoms with van der Waals surface area (Å²) in [6, 6.07) is 15.8. The molecule has 0 saturated heterocycles. The number of nitrogens with zero attached hydrogens (tertiary/aromatic N) is 1. The van der Waals surface area contributed by atoms with Crippen molar-refractivity contribution >= 4 is 5.69 Å². The number of nitrogens with one attached hydrogen (secondary N) is 1. The molecule has 2 aromatic rings. The van der Waals surface area contributed by atoms with Gasteiger partial charge in [-0.3, -0.25) is 4.90 Å². The first-order chi connectivity index (χ1) is 9.88. The minimum absolute atomic E-state index is 1.06. The highest BCUT2D eigenvalue weighted by Crippen LogP contribution is 2.25. The van der Waals surface area contributed by atoms with Crippen LogP contribution in [-0.2, 0) is 25.9 Å². The maximum atomic E-state index is 3.47. The van der Waals surface area contributed by atoms with Gasteiger partial charge in [0.2, 0.25) is 0 Å². The summed E-state index contributed by atoms with van der Waals surface area (Å²) in [5.74, 6) is 0. The van der Waals surface area contributed by atoms with Crippen LogP contribution in [0.2, 0.25) is 0 Å². The molecule has 0 radical (unpaired) electrons. The molecular weight excluding hydrogens is 244 g/mol. The number of benzene rings is 2. The Hall–Kier alpha value is -1.80. The zero-order chi connectivity index (χ0) is 13.4. The summed E-state index contributed by atoms with van der Waals surface area (Å²) >= 11 is 0. The van der Waals surface area contributed by atoms with Crippen LogP contribution >= 0.6 is 0 Å². The van der Waals surface area contributed by atoms with Crippen molar-refractivity contribution < 1.29 is 0 Å². The maximum absolute atomic E-state index is 3.47. The van der Waals surface area contributed by atoms with Crippen molar-refractivity contribution in [3.05, 3.63) is 64.7 Å². The van der Waals surface area contributed by atoms with Gasteiger partial charge in [0.15, 0.2) is 0 Å². The van der Waals surface area contributed by atoms with Crippen molar-refractivity contribution in [3.63, 3.8) is 0 Å². The van der Waals surface area contributed by atoms with E-state index in [2.05, 4.69) is 52.7 Å². The van der Waals surface area contributed by atoms with E-state index < -0.39 is 0 Å². The van der Waals surface area contributed by atoms with E-state index >= 15 is 0 Å². The second-order valence-electron chi connectivity index (χ2n) is 5.90. The highest BCUT2D eigenvalue weighted by Gasteiger charge is 2.16. The molecule has 0 spiro atoms. The smallest absolute Gasteiger partial charge is 0.0376 e. The van der Waals surface area contributed by atoms with Crippen LogP contribution in [0, 0.1) is 0 Å². The molecule has 0 bridgehead atoms. The fourth-order valence-corrected chi connectivity index (χ4v) is 3.38. The SMILES string of the molecule is c1ccc2c(c1)CCN(Cc1ccc3c(c1)NCC3)C2. The van der Waals surface area contributed by atoms with Crippen LogP contribution in [0.3, 0.4) is 0 Å². The van der Waals surface area contributed by atoms with E-state index in [1.807, 2.05) is 0 Å². The van der Waals surface area contributed by atoms with Gasteiger partial charge in [-0.05, 0) is 41.2 Å². The summed E-state index contributed by atoms with van der Waals surface area (Å²) in [5.41, 5.74) is 7.27. The molecule has 102 valence electrons. The van der Waals surface area contributed by atoms with Crippen molar-refractivity contribution in [1.82, 2.24) is 4.90 Å². The predicted molar refractivity (Wildman–Crippen MR) is 82.9 cm³/mol. The van der Waals surface area contributed by atoms with Gasteiger partial charge in [-0.25, -0.2) is 0 Å². The first-order valence-electron chi connectivity index (χ1n) is 7.53. The lowest BCUT2D eigenvalue weighted by atomic mass is 9.99. The van der Waals surface area contributed by atoms with E-state index in [1.165, 1.54) is 47.3 Å². The lowest BCUT2D eigenvalue weighted by Crippen LogP contribution is -2.29. The molecule has 0 aromatic heterocycles. The van der Waals surface area contributed by atoms with Crippen LogP contribution in [0.5, 0.6) is 0 Å². The second kappa shape index (κ2) is 4.95. The molecule has 4 rings (SSSR count). The monoisotopic (exact) mass is 264 g/mol. The summed E-state index contributed by atoms with van der Waals surface area (Å²) in [7, 11) is 0. The third kappa shape index (κ3) is 2.20. The third-order valence-corrected chi connectivity index (χ3v) is 4.50. The van der Waals surface area contributed by atoms with Crippen molar-refractivity contribution in [1.29, 1.82) is 0 Å². The highest BCUT2D eigenvalue weighted by atomic mass is 15.1. The summed E-state index contributed by atoms with van der Waals surface area (Å²) in [5, 5.41) is 3.47. The van der Waals surface area contributed by atoms with Crippen LogP contribution in [0.25, 0.3) is 0 Å². The summed E-state index contributed by atoms with van der Waals surface area (Å²) < 4.78 is 0. The molecule has 20 heavy (non-hydrogen) atoms. The van der Waals surface area contributed by atoms with Crippen LogP contribution in [0.1, 0.15) is 22.3 Å². The zero-order valence-electron chi connectivity index (χ0n) is 11.7. The minimum Gasteiger partial charge on any atom is -0.384 e. The summed E-state index contributed by atoms with van der Waals surface area (Å²) in [4.78, 5) is 2.55. The van der Waals surface area contributed by atoms with Crippen molar-refractivity contribution in [3.8, 4) is 0 Å². The molecule has 0 aliphatic carbocycles. The Labute approximate surface area is 120 Å². The molecule has 0 fully saturated rings. The van der Waals surface area contributed by atoms with E-state index in [0.717, 1.165) is 19.6 Å². The first-order valence-corrected chi connectivity index (χ1v) is 7.53. The standard InChI is InChI=1S/C18H20N2/c1-2-4-17-13-20(10-8-15(17)3-1)12-14-5-6-16-7-9-19-18(16)11-14/h1-6,11,19H,7-10,12-13H2. The predicted octanol–water partition coefficient (Wildman–Crippen LogP) is 3.21. The van der Waals surface area contributed by atoms with E-state index in [0.29, 0.717) is 0 Å². The van der Waals surface area contributed by atoms with Crippen LogP contribution in [0.4, 0.5) is 5.69 Å². The third-order valence-electron chi connectivity index (χ3n) is 4.50. The molecule has 2 heteroatoms. The molecule has 0 saturated carbocycles. The van der Waals surface area contributed by atoms with E-state index in [4.69, 9.17) is 0 Å². The van der Waals surface area contributed by atoms with Gasteiger partial charge in [-0.1, -0.05) is 36.4 Å². The van der Waals surface area contributed by atoms with E-state index in [9.17, 15) is 0 Å². The average molecular weight is 264 g/mol. The van der Waals surface area contributed by atoms with Crippen LogP contribution in [0.15, 0.2) is 42.5 Å². The average Bonchev–Trinajstić information content (AvgIpc) is 2.95. The Kier molecular flexibility index (Phi) is 2.96. The van der Waals surface area contributed by atoms with E-state index in [-0.39, 0.29) is 0 Å². The Bertz CT molecular complexity index is 633. The fourth-order valence-electron chi connectivity index (χ4n) is 3.38. The number of hydrogen-bond donors (Lipinski definition) is 1. The lowest BCUT2D eigenvalue weighted by molar-refractivity contribution is 0.245. The van der Waals surface area contributed by atoms with Gasteiger partial charge in [-0.2, -0.15) is 0 Å². The van der Waals surface area contributed by atoms with Gasteiger partial charge >= 0.3 is 0 Å². The lowest BCUT2D eigenvalue weighted by Gasteiger charge is -2.28. The largest absolute Gasteiger partial charge is 0.384 e. The van der Waals surface area contributed by atoms with Crippen molar-refractivity contribution in [2.24, 2.45) is 0 Å². The number of fused-ring (bicyclic) bond motifs is 2. The molecule has 2 heterocycles. The van der Waals surface area contributed by atoms with Gasteiger partial charge in [0.05, 0.1) is 0 Å². The minimum atomic E-state index is 1.06. The molecular formula is C18H20N2. The van der Waals surface area contributed by atoms with Crippen LogP contribution in [-0.4, -0.2) is 18.0 Å². The Morgan fingerprint density at radius 1 is 0.950 bits per heavy atom. The Morgan fingerprint density at radius 2 is 1.85 bits per heavy atom. The first kappa shape index (κ1) is 12.0. The number of rotatable bonds is 2. The number of hydrogen-bond acceptors (Lipinski definition) is 2. The highest BCUT2D eigenvalue weighted by molar-refractivity contribution is 5.57. The summed E-state index contributed by atoms with van der Waals surface area (Å²) in [6.45, 7) is 4.40. The maximum Gasteiger partial charge on any atom is 0.0376 e. The Balaban J connectivity index is 1.50. The number of anilines is 1. The van der Waals surface area contributed by atoms with Crippen molar-refractivity contribution in [2.75, 3.05) is 18.4 Å². The van der Waals surface area contributed by atoms with Gasteiger partial charge in [0.1, 0.15) is 0 Å². The second-order valence-corrected chi connectivity index (χ2v) is 5.90. The molecule has 0 amide bonds. The molecule has 2 nitrogen and oxygen atoms in total. The van der Waals surface area contributed by atoms with Gasteiger partial charge in [0, 0.05) is 31.9 Å². The molecule has 0 unspecified atom stereocenters. The summed E-state index contributed by atoms with van der Waals surface area (Å²) in [6.07, 6.45) is 2.35. The van der Waals surface area contributed by atoms with Gasteiger partial charge in [0.25, 0.3) is 0 Å². The Morgan fingerprint density at radius 3 is 2.80 bits per heavy atom. The quantitative estimate of drug-likeness (QED) is 0.896. The molecule has 2 aromatic carbocycles. The molecule has 2 aliphatic heterocycles. The fraction of sp³-hybridized carbons (Fsp3) is 0.333. The van der Waals surface area contributed by atoms with Crippen LogP contribution < -0.4 is 5.32 Å².